The Kier molecular flexibility index (Phi) is 5.54. The number of aliphatic carboxylic acids is 1. The summed E-state index contributed by atoms with van der Waals surface area (Å²) >= 11 is 0. The van der Waals surface area contributed by atoms with E-state index in [1.807, 2.05) is 0 Å². The predicted molar refractivity (Wildman–Crippen MR) is 102 cm³/mol. The SMILES string of the molecule is [B]c1c([B])c(F)c([B])c(-c2cnc(C(=O)NC([B])([B])C(=O)O)c(O)c2)c1[B]. The van der Waals surface area contributed by atoms with Gasteiger partial charge in [-0.05, 0) is 11.6 Å². The number of aromatic hydroxyl groups is 1. The van der Waals surface area contributed by atoms with Crippen molar-refractivity contribution in [2.24, 2.45) is 0 Å². The second-order valence-electron chi connectivity index (χ2n) is 5.56. The van der Waals surface area contributed by atoms with Crippen LogP contribution in [-0.4, -0.2) is 79.5 Å². The Morgan fingerprint density at radius 3 is 2.19 bits per heavy atom. The Morgan fingerprint density at radius 2 is 1.67 bits per heavy atom. The summed E-state index contributed by atoms with van der Waals surface area (Å²) in [6.07, 6.45) is 1.03. The topological polar surface area (TPSA) is 99.5 Å². The summed E-state index contributed by atoms with van der Waals surface area (Å²) in [6.45, 7) is 0. The first-order valence-corrected chi connectivity index (χ1v) is 7.12. The zero-order chi connectivity index (χ0) is 20.7. The molecule has 1 heterocycles. The molecule has 0 bridgehead atoms. The van der Waals surface area contributed by atoms with Crippen molar-refractivity contribution in [2.75, 3.05) is 0 Å². The number of nitrogens with one attached hydrogen (secondary N) is 1. The summed E-state index contributed by atoms with van der Waals surface area (Å²) in [7, 11) is 33.0. The summed E-state index contributed by atoms with van der Waals surface area (Å²) in [6, 6.07) is 0.995. The standard InChI is InChI=1S/C14H5B6FN2O4/c15-6-5(7(16)10(21)9(18)8(6)17)3-1-4(24)11(22-2-3)12(25)23-14(19,20)13(26)27/h1-2,24H,(H,23,25)(H,26,27). The number of hydrogen-bond donors (Lipinski definition) is 3. The number of carbonyl (C=O) groups excluding carboxylic acids is 1. The van der Waals surface area contributed by atoms with Crippen LogP contribution in [0.2, 0.25) is 0 Å². The third kappa shape index (κ3) is 3.77. The summed E-state index contributed by atoms with van der Waals surface area (Å²) < 4.78 is 14.1. The lowest BCUT2D eigenvalue weighted by atomic mass is 9.62. The van der Waals surface area contributed by atoms with Crippen LogP contribution in [0.25, 0.3) is 11.1 Å². The van der Waals surface area contributed by atoms with Gasteiger partial charge in [0.15, 0.2) is 5.69 Å². The highest BCUT2D eigenvalue weighted by atomic mass is 19.1. The van der Waals surface area contributed by atoms with E-state index in [-0.39, 0.29) is 22.1 Å². The van der Waals surface area contributed by atoms with Crippen LogP contribution in [0.3, 0.4) is 0 Å². The molecule has 27 heavy (non-hydrogen) atoms. The van der Waals surface area contributed by atoms with E-state index in [0.717, 1.165) is 12.3 Å². The lowest BCUT2D eigenvalue weighted by Gasteiger charge is -2.22. The average Bonchev–Trinajstić information content (AvgIpc) is 2.58. The van der Waals surface area contributed by atoms with Gasteiger partial charge in [-0.1, -0.05) is 16.4 Å². The Morgan fingerprint density at radius 1 is 1.07 bits per heavy atom. The number of aromatic nitrogens is 1. The molecule has 0 unspecified atom stereocenters. The monoisotopic (exact) mass is 350 g/mol. The van der Waals surface area contributed by atoms with Gasteiger partial charge in [-0.3, -0.25) is 9.59 Å². The quantitative estimate of drug-likeness (QED) is 0.484. The summed E-state index contributed by atoms with van der Waals surface area (Å²) in [5.41, 5.74) is -1.94. The molecular weight excluding hydrogens is 344 g/mol. The maximum absolute atomic E-state index is 14.1. The molecule has 12 radical (unpaired) electrons. The van der Waals surface area contributed by atoms with E-state index in [9.17, 15) is 19.1 Å². The minimum absolute atomic E-state index is 0.0228. The van der Waals surface area contributed by atoms with Gasteiger partial charge in [-0.25, -0.2) is 9.37 Å². The van der Waals surface area contributed by atoms with Gasteiger partial charge in [0.1, 0.15) is 58.6 Å². The van der Waals surface area contributed by atoms with Gasteiger partial charge >= 0.3 is 5.97 Å². The third-order valence-electron chi connectivity index (χ3n) is 3.64. The van der Waals surface area contributed by atoms with Crippen LogP contribution in [0.1, 0.15) is 10.5 Å². The first-order chi connectivity index (χ1) is 12.4. The molecule has 0 atom stereocenters. The Balaban J connectivity index is 2.50. The first-order valence-electron chi connectivity index (χ1n) is 7.12. The first kappa shape index (κ1) is 20.7. The molecule has 2 rings (SSSR count). The smallest absolute Gasteiger partial charge is 0.310 e. The van der Waals surface area contributed by atoms with Crippen molar-refractivity contribution in [1.82, 2.24) is 10.3 Å². The summed E-state index contributed by atoms with van der Waals surface area (Å²) in [5.74, 6) is -4.60. The fraction of sp³-hybridized carbons (Fsp3) is 0.0714. The van der Waals surface area contributed by atoms with Crippen molar-refractivity contribution in [3.05, 3.63) is 23.8 Å². The number of hydrogen-bond acceptors (Lipinski definition) is 4. The normalized spacial score (nSPS) is 11.1. The van der Waals surface area contributed by atoms with Crippen LogP contribution in [0, 0.1) is 5.82 Å². The molecule has 0 fully saturated rings. The van der Waals surface area contributed by atoms with E-state index in [1.165, 1.54) is 0 Å². The Hall–Kier alpha value is -2.57. The van der Waals surface area contributed by atoms with Gasteiger partial charge in [0.05, 0.1) is 5.34 Å². The molecule has 3 N–H and O–H groups in total. The van der Waals surface area contributed by atoms with E-state index in [4.69, 9.17) is 52.2 Å². The van der Waals surface area contributed by atoms with Crippen molar-refractivity contribution < 1.29 is 24.2 Å². The molecule has 120 valence electrons. The fourth-order valence-corrected chi connectivity index (χ4v) is 2.17. The molecule has 6 nitrogen and oxygen atoms in total. The van der Waals surface area contributed by atoms with E-state index in [0.29, 0.717) is 0 Å². The maximum atomic E-state index is 14.1. The summed E-state index contributed by atoms with van der Waals surface area (Å²) in [4.78, 5) is 26.6. The van der Waals surface area contributed by atoms with Crippen molar-refractivity contribution in [2.45, 2.75) is 5.34 Å². The highest BCUT2D eigenvalue weighted by Crippen LogP contribution is 2.22. The molecule has 0 aliphatic heterocycles. The fourth-order valence-electron chi connectivity index (χ4n) is 2.17. The van der Waals surface area contributed by atoms with Crippen LogP contribution in [-0.2, 0) is 4.79 Å². The second kappa shape index (κ2) is 7.21. The van der Waals surface area contributed by atoms with Crippen LogP contribution in [0.4, 0.5) is 4.39 Å². The predicted octanol–water partition coefficient (Wildman–Crippen LogP) is -4.43. The number of carboxylic acids is 1. The number of benzene rings is 1. The highest BCUT2D eigenvalue weighted by Gasteiger charge is 2.29. The van der Waals surface area contributed by atoms with Crippen LogP contribution >= 0.6 is 0 Å². The van der Waals surface area contributed by atoms with E-state index >= 15 is 0 Å². The minimum atomic E-state index is -2.59. The number of carbonyl (C=O) groups is 2. The van der Waals surface area contributed by atoms with Gasteiger partial charge in [-0.2, -0.15) is 0 Å². The molecule has 0 aliphatic rings. The van der Waals surface area contributed by atoms with Crippen LogP contribution < -0.4 is 27.2 Å². The van der Waals surface area contributed by atoms with Gasteiger partial charge in [0, 0.05) is 11.8 Å². The molecule has 0 saturated heterocycles. The van der Waals surface area contributed by atoms with Gasteiger partial charge in [-0.15, -0.1) is 5.46 Å². The number of rotatable bonds is 4. The van der Waals surface area contributed by atoms with Gasteiger partial charge < -0.3 is 15.5 Å². The molecule has 13 heteroatoms. The van der Waals surface area contributed by atoms with Gasteiger partial charge in [0.25, 0.3) is 5.91 Å². The van der Waals surface area contributed by atoms with Crippen LogP contribution in [0.15, 0.2) is 12.3 Å². The van der Waals surface area contributed by atoms with Gasteiger partial charge in [0.2, 0.25) is 0 Å². The van der Waals surface area contributed by atoms with E-state index in [1.54, 1.807) is 5.32 Å². The molecule has 1 amide bonds. The molecule has 1 aromatic heterocycles. The van der Waals surface area contributed by atoms with Crippen molar-refractivity contribution in [3.8, 4) is 16.9 Å². The number of nitrogens with zero attached hydrogens (tertiary/aromatic N) is 1. The number of amides is 1. The number of carboxylic acid groups (broad SMARTS) is 1. The van der Waals surface area contributed by atoms with E-state index in [2.05, 4.69) is 4.98 Å². The molecule has 0 spiro atoms. The van der Waals surface area contributed by atoms with Crippen LogP contribution in [0.5, 0.6) is 5.75 Å². The molecule has 1 aromatic carbocycles. The third-order valence-corrected chi connectivity index (χ3v) is 3.64. The zero-order valence-corrected chi connectivity index (χ0v) is 13.7. The minimum Gasteiger partial charge on any atom is -0.505 e. The Labute approximate surface area is 161 Å². The maximum Gasteiger partial charge on any atom is 0.310 e. The largest absolute Gasteiger partial charge is 0.505 e. The number of halogens is 1. The molecule has 2 aromatic rings. The zero-order valence-electron chi connectivity index (χ0n) is 13.7. The lowest BCUT2D eigenvalue weighted by molar-refractivity contribution is -0.138. The number of pyridine rings is 1. The molecule has 0 saturated carbocycles. The summed E-state index contributed by atoms with van der Waals surface area (Å²) in [5, 5.41) is 18.0. The van der Waals surface area contributed by atoms with Crippen molar-refractivity contribution in [1.29, 1.82) is 0 Å². The average molecular weight is 349 g/mol. The van der Waals surface area contributed by atoms with Crippen molar-refractivity contribution >= 4 is 80.8 Å². The Bertz CT molecular complexity index is 940. The lowest BCUT2D eigenvalue weighted by Crippen LogP contribution is -2.55. The van der Waals surface area contributed by atoms with E-state index < -0.39 is 45.4 Å². The molecular formula is C14H5B6FN2O4. The van der Waals surface area contributed by atoms with Crippen molar-refractivity contribution in [3.63, 3.8) is 0 Å². The second-order valence-corrected chi connectivity index (χ2v) is 5.56. The molecule has 0 aliphatic carbocycles. The highest BCUT2D eigenvalue weighted by molar-refractivity contribution is 6.61.